The first kappa shape index (κ1) is 24.1. The number of halogens is 1. The number of benzene rings is 3. The molecule has 0 saturated heterocycles. The Morgan fingerprint density at radius 1 is 0.972 bits per heavy atom. The van der Waals surface area contributed by atoms with Crippen LogP contribution >= 0.6 is 0 Å². The molecule has 4 rings (SSSR count). The van der Waals surface area contributed by atoms with Crippen LogP contribution in [0.25, 0.3) is 0 Å². The van der Waals surface area contributed by atoms with Crippen LogP contribution in [0.1, 0.15) is 22.3 Å². The quantitative estimate of drug-likeness (QED) is 0.385. The molecule has 1 heterocycles. The van der Waals surface area contributed by atoms with E-state index in [9.17, 15) is 23.6 Å². The number of rotatable bonds is 7. The molecule has 36 heavy (non-hydrogen) atoms. The highest BCUT2D eigenvalue weighted by Crippen LogP contribution is 2.22. The molecular formula is C25H18FN5O5. The van der Waals surface area contributed by atoms with Gasteiger partial charge in [-0.25, -0.2) is 9.18 Å². The first-order valence-electron chi connectivity index (χ1n) is 10.6. The number of amides is 3. The first-order valence-corrected chi connectivity index (χ1v) is 10.6. The summed E-state index contributed by atoms with van der Waals surface area (Å²) < 4.78 is 13.0. The molecule has 0 unspecified atom stereocenters. The number of carbonyl (C=O) groups excluding carboxylic acids is 3. The second-order valence-electron chi connectivity index (χ2n) is 7.60. The SMILES string of the molecule is O=C(CC(=O)N1N=C(c2ccccc2)[C@@H](N=Nc2ccc(C(=O)O)cc2)C1=O)Nc1ccc(F)cc1. The number of carboxylic acid groups (broad SMARTS) is 1. The predicted molar refractivity (Wildman–Crippen MR) is 126 cm³/mol. The molecule has 1 aliphatic heterocycles. The van der Waals surface area contributed by atoms with E-state index in [4.69, 9.17) is 5.11 Å². The van der Waals surface area contributed by atoms with Crippen molar-refractivity contribution in [2.45, 2.75) is 12.5 Å². The smallest absolute Gasteiger partial charge is 0.335 e. The van der Waals surface area contributed by atoms with Crippen LogP contribution in [-0.2, 0) is 14.4 Å². The van der Waals surface area contributed by atoms with Gasteiger partial charge in [0, 0.05) is 11.3 Å². The van der Waals surface area contributed by atoms with Crippen LogP contribution < -0.4 is 5.32 Å². The Labute approximate surface area is 203 Å². The summed E-state index contributed by atoms with van der Waals surface area (Å²) in [4.78, 5) is 49.1. The van der Waals surface area contributed by atoms with Gasteiger partial charge in [-0.3, -0.25) is 14.4 Å². The molecule has 0 fully saturated rings. The summed E-state index contributed by atoms with van der Waals surface area (Å²) in [6.07, 6.45) is -0.685. The molecule has 2 N–H and O–H groups in total. The second kappa shape index (κ2) is 10.5. The van der Waals surface area contributed by atoms with Crippen LogP contribution in [0.2, 0.25) is 0 Å². The lowest BCUT2D eigenvalue weighted by Crippen LogP contribution is -2.36. The van der Waals surface area contributed by atoms with Gasteiger partial charge in [0.1, 0.15) is 17.9 Å². The summed E-state index contributed by atoms with van der Waals surface area (Å²) in [5.41, 5.74) is 1.34. The van der Waals surface area contributed by atoms with Crippen molar-refractivity contribution >= 4 is 40.8 Å². The highest BCUT2D eigenvalue weighted by molar-refractivity contribution is 6.23. The van der Waals surface area contributed by atoms with Gasteiger partial charge in [-0.2, -0.15) is 20.3 Å². The number of nitrogens with one attached hydrogen (secondary N) is 1. The maximum atomic E-state index is 13.1. The molecule has 0 radical (unpaired) electrons. The average Bonchev–Trinajstić information content (AvgIpc) is 3.21. The minimum atomic E-state index is -1.25. The maximum Gasteiger partial charge on any atom is 0.335 e. The molecule has 10 nitrogen and oxygen atoms in total. The van der Waals surface area contributed by atoms with E-state index < -0.39 is 42.0 Å². The minimum Gasteiger partial charge on any atom is -0.478 e. The zero-order valence-electron chi connectivity index (χ0n) is 18.5. The zero-order valence-corrected chi connectivity index (χ0v) is 18.5. The third-order valence-corrected chi connectivity index (χ3v) is 5.06. The van der Waals surface area contributed by atoms with Gasteiger partial charge in [0.25, 0.3) is 11.8 Å². The lowest BCUT2D eigenvalue weighted by atomic mass is 10.0. The molecule has 0 saturated carbocycles. The lowest BCUT2D eigenvalue weighted by Gasteiger charge is -2.11. The molecular weight excluding hydrogens is 469 g/mol. The molecule has 1 aliphatic rings. The van der Waals surface area contributed by atoms with E-state index in [1.165, 1.54) is 36.4 Å². The van der Waals surface area contributed by atoms with Crippen molar-refractivity contribution in [3.05, 3.63) is 95.8 Å². The summed E-state index contributed by atoms with van der Waals surface area (Å²) >= 11 is 0. The van der Waals surface area contributed by atoms with Crippen LogP contribution in [0, 0.1) is 5.82 Å². The second-order valence-corrected chi connectivity index (χ2v) is 7.60. The molecule has 11 heteroatoms. The summed E-state index contributed by atoms with van der Waals surface area (Å²) in [6.45, 7) is 0. The van der Waals surface area contributed by atoms with Gasteiger partial charge in [0.2, 0.25) is 5.91 Å². The molecule has 3 aromatic carbocycles. The number of aromatic carboxylic acids is 1. The lowest BCUT2D eigenvalue weighted by molar-refractivity contribution is -0.144. The van der Waals surface area contributed by atoms with Crippen molar-refractivity contribution < 1.29 is 28.7 Å². The molecule has 0 bridgehead atoms. The van der Waals surface area contributed by atoms with Gasteiger partial charge >= 0.3 is 5.97 Å². The molecule has 0 spiro atoms. The van der Waals surface area contributed by atoms with Gasteiger partial charge in [0.15, 0.2) is 6.04 Å². The number of hydrogen-bond acceptors (Lipinski definition) is 7. The minimum absolute atomic E-state index is 0.0631. The van der Waals surface area contributed by atoms with Gasteiger partial charge in [-0.1, -0.05) is 30.3 Å². The van der Waals surface area contributed by atoms with Crippen molar-refractivity contribution in [3.8, 4) is 0 Å². The number of imide groups is 1. The summed E-state index contributed by atoms with van der Waals surface area (Å²) in [6, 6.07) is 17.9. The van der Waals surface area contributed by atoms with Gasteiger partial charge in [-0.05, 0) is 48.5 Å². The van der Waals surface area contributed by atoms with Crippen molar-refractivity contribution in [2.75, 3.05) is 5.32 Å². The van der Waals surface area contributed by atoms with Gasteiger partial charge < -0.3 is 10.4 Å². The third kappa shape index (κ3) is 5.53. The summed E-state index contributed by atoms with van der Waals surface area (Å²) in [7, 11) is 0. The topological polar surface area (TPSA) is 141 Å². The standard InChI is InChI=1S/C25H18FN5O5/c26-17-8-12-18(13-9-17)27-20(32)14-21(33)31-24(34)23(22(30-31)15-4-2-1-3-5-15)29-28-19-10-6-16(7-11-19)25(35)36/h1-13,23H,14H2,(H,27,32)(H,35,36)/t23-/m1/s1. The van der Waals surface area contributed by atoms with Gasteiger partial charge in [-0.15, -0.1) is 0 Å². The maximum absolute atomic E-state index is 13.1. The number of hydrazone groups is 1. The van der Waals surface area contributed by atoms with E-state index in [1.807, 2.05) is 0 Å². The summed E-state index contributed by atoms with van der Waals surface area (Å²) in [5, 5.41) is 24.3. The molecule has 1 atom stereocenters. The number of nitrogens with zero attached hydrogens (tertiary/aromatic N) is 4. The number of hydrogen-bond donors (Lipinski definition) is 2. The third-order valence-electron chi connectivity index (χ3n) is 5.06. The molecule has 180 valence electrons. The van der Waals surface area contributed by atoms with Crippen LogP contribution in [0.4, 0.5) is 15.8 Å². The highest BCUT2D eigenvalue weighted by Gasteiger charge is 2.40. The van der Waals surface area contributed by atoms with E-state index in [0.29, 0.717) is 16.3 Å². The van der Waals surface area contributed by atoms with Crippen LogP contribution in [0.15, 0.2) is 94.2 Å². The normalized spacial score (nSPS) is 15.1. The first-order chi connectivity index (χ1) is 17.3. The highest BCUT2D eigenvalue weighted by atomic mass is 19.1. The molecule has 0 aromatic heterocycles. The van der Waals surface area contributed by atoms with E-state index in [0.717, 1.165) is 12.1 Å². The number of carbonyl (C=O) groups is 4. The Hall–Kier alpha value is -5.06. The monoisotopic (exact) mass is 487 g/mol. The fourth-order valence-electron chi connectivity index (χ4n) is 3.30. The van der Waals surface area contributed by atoms with Crippen molar-refractivity contribution in [1.29, 1.82) is 0 Å². The average molecular weight is 487 g/mol. The van der Waals surface area contributed by atoms with Crippen molar-refractivity contribution in [2.24, 2.45) is 15.3 Å². The number of anilines is 1. The molecule has 3 aromatic rings. The fourth-order valence-corrected chi connectivity index (χ4v) is 3.30. The van der Waals surface area contributed by atoms with E-state index in [2.05, 4.69) is 20.6 Å². The number of azo groups is 1. The van der Waals surface area contributed by atoms with Crippen LogP contribution in [0.3, 0.4) is 0 Å². The Balaban J connectivity index is 1.53. The van der Waals surface area contributed by atoms with E-state index in [-0.39, 0.29) is 17.0 Å². The van der Waals surface area contributed by atoms with Crippen LogP contribution in [0.5, 0.6) is 0 Å². The zero-order chi connectivity index (χ0) is 25.7. The Bertz CT molecular complexity index is 1370. The Morgan fingerprint density at radius 3 is 2.28 bits per heavy atom. The van der Waals surface area contributed by atoms with E-state index >= 15 is 0 Å². The number of carboxylic acids is 1. The Kier molecular flexibility index (Phi) is 7.00. The van der Waals surface area contributed by atoms with Crippen molar-refractivity contribution in [1.82, 2.24) is 5.01 Å². The molecule has 3 amide bonds. The predicted octanol–water partition coefficient (Wildman–Crippen LogP) is 3.78. The Morgan fingerprint density at radius 2 is 1.64 bits per heavy atom. The van der Waals surface area contributed by atoms with E-state index in [1.54, 1.807) is 30.3 Å². The molecule has 0 aliphatic carbocycles. The summed E-state index contributed by atoms with van der Waals surface area (Å²) in [5.74, 6) is -3.96. The van der Waals surface area contributed by atoms with Crippen molar-refractivity contribution in [3.63, 3.8) is 0 Å². The largest absolute Gasteiger partial charge is 0.478 e. The van der Waals surface area contributed by atoms with Gasteiger partial charge in [0.05, 0.1) is 11.3 Å². The fraction of sp³-hybridized carbons (Fsp3) is 0.0800. The van der Waals surface area contributed by atoms with Crippen LogP contribution in [-0.4, -0.2) is 45.6 Å².